The molecule has 148 valence electrons. The Bertz CT molecular complexity index is 1100. The van der Waals surface area contributed by atoms with Crippen LogP contribution >= 0.6 is 23.4 Å². The first-order valence-corrected chi connectivity index (χ1v) is 11.6. The summed E-state index contributed by atoms with van der Waals surface area (Å²) in [4.78, 5) is 21.1. The summed E-state index contributed by atoms with van der Waals surface area (Å²) in [6.45, 7) is 1.53. The second-order valence-electron chi connectivity index (χ2n) is 7.86. The van der Waals surface area contributed by atoms with Crippen molar-refractivity contribution in [1.82, 2.24) is 9.88 Å². The van der Waals surface area contributed by atoms with E-state index in [0.717, 1.165) is 43.3 Å². The Labute approximate surface area is 180 Å². The van der Waals surface area contributed by atoms with Crippen molar-refractivity contribution in [2.24, 2.45) is 0 Å². The minimum absolute atomic E-state index is 0.216. The maximum Gasteiger partial charge on any atom is 0.233 e. The van der Waals surface area contributed by atoms with Crippen LogP contribution in [0.25, 0.3) is 10.9 Å². The van der Waals surface area contributed by atoms with E-state index in [1.807, 2.05) is 17.0 Å². The minimum atomic E-state index is 0.216. The number of aromatic nitrogens is 1. The van der Waals surface area contributed by atoms with Crippen molar-refractivity contribution in [3.05, 3.63) is 69.9 Å². The monoisotopic (exact) mass is 422 g/mol. The zero-order chi connectivity index (χ0) is 19.8. The summed E-state index contributed by atoms with van der Waals surface area (Å²) in [5.41, 5.74) is 6.12. The molecular formula is C24H23ClN2OS. The zero-order valence-electron chi connectivity index (χ0n) is 16.3. The Morgan fingerprint density at radius 3 is 2.79 bits per heavy atom. The summed E-state index contributed by atoms with van der Waals surface area (Å²) < 4.78 is 0. The molecule has 0 fully saturated rings. The summed E-state index contributed by atoms with van der Waals surface area (Å²) in [5, 5.41) is 1.83. The highest BCUT2D eigenvalue weighted by atomic mass is 35.5. The first-order valence-electron chi connectivity index (χ1n) is 10.3. The molecular weight excluding hydrogens is 400 g/mol. The summed E-state index contributed by atoms with van der Waals surface area (Å²) in [6, 6.07) is 14.4. The van der Waals surface area contributed by atoms with Gasteiger partial charge in [-0.05, 0) is 60.9 Å². The summed E-state index contributed by atoms with van der Waals surface area (Å²) in [7, 11) is 0. The van der Waals surface area contributed by atoms with Gasteiger partial charge in [-0.2, -0.15) is 0 Å². The fourth-order valence-electron chi connectivity index (χ4n) is 4.45. The molecule has 0 bridgehead atoms. The Morgan fingerprint density at radius 1 is 1.07 bits per heavy atom. The number of halogens is 1. The lowest BCUT2D eigenvalue weighted by Gasteiger charge is -2.29. The molecule has 5 heteroatoms. The molecule has 29 heavy (non-hydrogen) atoms. The number of amides is 1. The van der Waals surface area contributed by atoms with Crippen LogP contribution in [0.15, 0.2) is 47.4 Å². The molecule has 0 saturated carbocycles. The quantitative estimate of drug-likeness (QED) is 0.526. The number of nitrogens with zero attached hydrogens (tertiary/aromatic N) is 2. The van der Waals surface area contributed by atoms with E-state index in [9.17, 15) is 4.79 Å². The van der Waals surface area contributed by atoms with E-state index in [0.29, 0.717) is 10.8 Å². The van der Waals surface area contributed by atoms with Crippen LogP contribution < -0.4 is 0 Å². The van der Waals surface area contributed by atoms with E-state index in [1.54, 1.807) is 11.8 Å². The van der Waals surface area contributed by atoms with Gasteiger partial charge in [0.05, 0.1) is 11.3 Å². The van der Waals surface area contributed by atoms with E-state index >= 15 is 0 Å². The van der Waals surface area contributed by atoms with Crippen LogP contribution in [0.5, 0.6) is 0 Å². The number of benzene rings is 2. The van der Waals surface area contributed by atoms with Crippen molar-refractivity contribution in [2.75, 3.05) is 12.3 Å². The van der Waals surface area contributed by atoms with Gasteiger partial charge < -0.3 is 4.90 Å². The van der Waals surface area contributed by atoms with Crippen LogP contribution in [-0.4, -0.2) is 28.1 Å². The lowest BCUT2D eigenvalue weighted by molar-refractivity contribution is -0.129. The van der Waals surface area contributed by atoms with Gasteiger partial charge in [0.15, 0.2) is 0 Å². The van der Waals surface area contributed by atoms with Crippen molar-refractivity contribution < 1.29 is 4.79 Å². The maximum absolute atomic E-state index is 13.0. The van der Waals surface area contributed by atoms with E-state index in [1.165, 1.54) is 40.1 Å². The van der Waals surface area contributed by atoms with Crippen LogP contribution in [-0.2, 0) is 30.6 Å². The van der Waals surface area contributed by atoms with Crippen molar-refractivity contribution in [1.29, 1.82) is 0 Å². The highest BCUT2D eigenvalue weighted by Gasteiger charge is 2.23. The molecule has 0 spiro atoms. The van der Waals surface area contributed by atoms with Crippen LogP contribution in [0.2, 0.25) is 5.02 Å². The number of carbonyl (C=O) groups excluding carboxylic acids is 1. The van der Waals surface area contributed by atoms with Crippen molar-refractivity contribution in [3.8, 4) is 0 Å². The summed E-state index contributed by atoms with van der Waals surface area (Å²) in [5.74, 6) is 0.684. The normalized spacial score (nSPS) is 15.8. The SMILES string of the molecule is O=C(CSc1c2c(nc3cc(Cl)ccc13)CCCC2)N1CCc2ccccc2C1. The molecule has 3 nitrogen and oxygen atoms in total. The van der Waals surface area contributed by atoms with Gasteiger partial charge >= 0.3 is 0 Å². The minimum Gasteiger partial charge on any atom is -0.337 e. The lowest BCUT2D eigenvalue weighted by Crippen LogP contribution is -2.37. The average Bonchev–Trinajstić information content (AvgIpc) is 2.76. The molecule has 0 N–H and O–H groups in total. The van der Waals surface area contributed by atoms with Crippen LogP contribution in [0.1, 0.15) is 35.2 Å². The van der Waals surface area contributed by atoms with Gasteiger partial charge in [-0.1, -0.05) is 41.9 Å². The Morgan fingerprint density at radius 2 is 1.90 bits per heavy atom. The number of aryl methyl sites for hydroxylation is 1. The van der Waals surface area contributed by atoms with E-state index in [-0.39, 0.29) is 5.91 Å². The Kier molecular flexibility index (Phi) is 5.23. The van der Waals surface area contributed by atoms with Gasteiger partial charge in [-0.25, -0.2) is 0 Å². The third-order valence-electron chi connectivity index (χ3n) is 6.00. The van der Waals surface area contributed by atoms with E-state index in [2.05, 4.69) is 30.3 Å². The van der Waals surface area contributed by atoms with Gasteiger partial charge in [-0.15, -0.1) is 11.8 Å². The Balaban J connectivity index is 1.40. The fraction of sp³-hybridized carbons (Fsp3) is 0.333. The van der Waals surface area contributed by atoms with E-state index in [4.69, 9.17) is 16.6 Å². The molecule has 1 aromatic heterocycles. The first-order chi connectivity index (χ1) is 14.2. The zero-order valence-corrected chi connectivity index (χ0v) is 17.9. The van der Waals surface area contributed by atoms with Gasteiger partial charge in [0, 0.05) is 34.1 Å². The summed E-state index contributed by atoms with van der Waals surface area (Å²) in [6.07, 6.45) is 5.38. The Hall–Kier alpha value is -2.04. The number of fused-ring (bicyclic) bond motifs is 3. The second kappa shape index (κ2) is 8.00. The van der Waals surface area contributed by atoms with Crippen LogP contribution in [0.3, 0.4) is 0 Å². The molecule has 2 aliphatic rings. The molecule has 2 heterocycles. The third kappa shape index (κ3) is 3.76. The smallest absolute Gasteiger partial charge is 0.233 e. The lowest BCUT2D eigenvalue weighted by atomic mass is 9.94. The molecule has 0 atom stereocenters. The molecule has 1 aliphatic heterocycles. The number of carbonyl (C=O) groups is 1. The third-order valence-corrected chi connectivity index (χ3v) is 7.38. The van der Waals surface area contributed by atoms with Crippen molar-refractivity contribution in [2.45, 2.75) is 43.5 Å². The highest BCUT2D eigenvalue weighted by molar-refractivity contribution is 8.00. The topological polar surface area (TPSA) is 33.2 Å². The van der Waals surface area contributed by atoms with Crippen molar-refractivity contribution in [3.63, 3.8) is 0 Å². The standard InChI is InChI=1S/C24H23ClN2OS/c25-18-9-10-20-22(13-18)26-21-8-4-3-7-19(21)24(20)29-15-23(28)27-12-11-16-5-1-2-6-17(16)14-27/h1-2,5-6,9-10,13H,3-4,7-8,11-12,14-15H2. The van der Waals surface area contributed by atoms with Crippen LogP contribution in [0.4, 0.5) is 0 Å². The molecule has 0 saturated heterocycles. The molecule has 0 unspecified atom stereocenters. The second-order valence-corrected chi connectivity index (χ2v) is 9.28. The molecule has 5 rings (SSSR count). The van der Waals surface area contributed by atoms with Gasteiger partial charge in [0.2, 0.25) is 5.91 Å². The average molecular weight is 423 g/mol. The number of pyridine rings is 1. The van der Waals surface area contributed by atoms with Gasteiger partial charge in [0.25, 0.3) is 0 Å². The predicted molar refractivity (Wildman–Crippen MR) is 120 cm³/mol. The number of thioether (sulfide) groups is 1. The molecule has 1 aliphatic carbocycles. The fourth-order valence-corrected chi connectivity index (χ4v) is 5.79. The maximum atomic E-state index is 13.0. The molecule has 3 aromatic rings. The molecule has 0 radical (unpaired) electrons. The predicted octanol–water partition coefficient (Wildman–Crippen LogP) is 5.44. The van der Waals surface area contributed by atoms with E-state index < -0.39 is 0 Å². The highest BCUT2D eigenvalue weighted by Crippen LogP contribution is 2.37. The van der Waals surface area contributed by atoms with Crippen molar-refractivity contribution >= 4 is 40.2 Å². The van der Waals surface area contributed by atoms with Gasteiger partial charge in [0.1, 0.15) is 0 Å². The number of hydrogen-bond donors (Lipinski definition) is 0. The number of hydrogen-bond acceptors (Lipinski definition) is 3. The summed E-state index contributed by atoms with van der Waals surface area (Å²) >= 11 is 7.90. The molecule has 2 aromatic carbocycles. The largest absolute Gasteiger partial charge is 0.337 e. The number of rotatable bonds is 3. The molecule has 1 amide bonds. The van der Waals surface area contributed by atoms with Crippen LogP contribution in [0, 0.1) is 0 Å². The first kappa shape index (κ1) is 19.0. The van der Waals surface area contributed by atoms with Gasteiger partial charge in [-0.3, -0.25) is 9.78 Å².